The molecule has 0 aliphatic rings. The highest BCUT2D eigenvalue weighted by atomic mass is 79.9. The van der Waals surface area contributed by atoms with Crippen molar-refractivity contribution in [3.63, 3.8) is 0 Å². The van der Waals surface area contributed by atoms with E-state index in [0.717, 1.165) is 38.2 Å². The molecule has 152 valence electrons. The van der Waals surface area contributed by atoms with E-state index >= 15 is 0 Å². The molecule has 0 aliphatic heterocycles. The van der Waals surface area contributed by atoms with Gasteiger partial charge >= 0.3 is 0 Å². The Hall–Kier alpha value is -3.12. The highest BCUT2D eigenvalue weighted by Gasteiger charge is 2.23. The first-order valence-corrected chi connectivity index (χ1v) is 10.4. The molecule has 0 radical (unpaired) electrons. The van der Waals surface area contributed by atoms with Crippen molar-refractivity contribution in [1.82, 2.24) is 9.38 Å². The third-order valence-electron chi connectivity index (χ3n) is 4.97. The zero-order chi connectivity index (χ0) is 21.3. The molecule has 0 saturated carbocycles. The first-order valence-electron chi connectivity index (χ1n) is 9.61. The lowest BCUT2D eigenvalue weighted by Gasteiger charge is -2.24. The van der Waals surface area contributed by atoms with Gasteiger partial charge in [-0.1, -0.05) is 18.2 Å². The number of hydrogen-bond donors (Lipinski definition) is 0. The molecular weight excluding hydrogens is 442 g/mol. The van der Waals surface area contributed by atoms with Crippen LogP contribution in [-0.4, -0.2) is 22.4 Å². The second-order valence-corrected chi connectivity index (χ2v) is 8.14. The zero-order valence-corrected chi connectivity index (χ0v) is 18.7. The number of hydrogen-bond acceptors (Lipinski definition) is 3. The maximum atomic E-state index is 13.6. The summed E-state index contributed by atoms with van der Waals surface area (Å²) in [5.74, 6) is 0.626. The Labute approximate surface area is 184 Å². The van der Waals surface area contributed by atoms with Crippen LogP contribution in [0.25, 0.3) is 5.65 Å². The Morgan fingerprint density at radius 3 is 2.50 bits per heavy atom. The number of methoxy groups -OCH3 is 1. The van der Waals surface area contributed by atoms with Crippen molar-refractivity contribution in [2.24, 2.45) is 0 Å². The largest absolute Gasteiger partial charge is 0.497 e. The van der Waals surface area contributed by atoms with Crippen molar-refractivity contribution in [3.8, 4) is 5.75 Å². The van der Waals surface area contributed by atoms with Crippen molar-refractivity contribution in [2.75, 3.05) is 12.0 Å². The van der Waals surface area contributed by atoms with E-state index < -0.39 is 0 Å². The lowest BCUT2D eigenvalue weighted by atomic mass is 10.1. The highest BCUT2D eigenvalue weighted by Crippen LogP contribution is 2.30. The van der Waals surface area contributed by atoms with Gasteiger partial charge in [-0.2, -0.15) is 0 Å². The van der Waals surface area contributed by atoms with Crippen LogP contribution in [0.15, 0.2) is 71.5 Å². The van der Waals surface area contributed by atoms with E-state index in [4.69, 9.17) is 4.74 Å². The van der Waals surface area contributed by atoms with Gasteiger partial charge in [0.25, 0.3) is 5.91 Å². The lowest BCUT2D eigenvalue weighted by molar-refractivity contribution is 0.0981. The molecule has 0 spiro atoms. The molecule has 0 aliphatic carbocycles. The second kappa shape index (κ2) is 8.32. The van der Waals surface area contributed by atoms with Gasteiger partial charge in [0.2, 0.25) is 0 Å². The van der Waals surface area contributed by atoms with Crippen LogP contribution in [-0.2, 0) is 6.54 Å². The van der Waals surface area contributed by atoms with E-state index in [1.807, 2.05) is 79.0 Å². The van der Waals surface area contributed by atoms with E-state index in [0.29, 0.717) is 12.2 Å². The predicted octanol–water partition coefficient (Wildman–Crippen LogP) is 5.57. The molecule has 2 aromatic heterocycles. The van der Waals surface area contributed by atoms with Crippen molar-refractivity contribution in [3.05, 3.63) is 93.8 Å². The summed E-state index contributed by atoms with van der Waals surface area (Å²) < 4.78 is 7.99. The number of halogens is 1. The van der Waals surface area contributed by atoms with E-state index in [-0.39, 0.29) is 5.91 Å². The van der Waals surface area contributed by atoms with Crippen molar-refractivity contribution in [1.29, 1.82) is 0 Å². The van der Waals surface area contributed by atoms with E-state index in [1.54, 1.807) is 18.2 Å². The number of nitrogens with zero attached hydrogens (tertiary/aromatic N) is 3. The summed E-state index contributed by atoms with van der Waals surface area (Å²) in [5, 5.41) is 0. The summed E-state index contributed by atoms with van der Waals surface area (Å²) in [6, 6.07) is 17.7. The van der Waals surface area contributed by atoms with Crippen LogP contribution in [0.2, 0.25) is 0 Å². The maximum absolute atomic E-state index is 13.6. The Morgan fingerprint density at radius 1 is 1.07 bits per heavy atom. The molecule has 0 bridgehead atoms. The first-order chi connectivity index (χ1) is 14.4. The topological polar surface area (TPSA) is 46.8 Å². The molecule has 0 N–H and O–H groups in total. The molecule has 6 heteroatoms. The average Bonchev–Trinajstić information content (AvgIpc) is 3.15. The van der Waals surface area contributed by atoms with Gasteiger partial charge < -0.3 is 14.0 Å². The molecule has 4 aromatic rings. The molecule has 0 atom stereocenters. The molecule has 2 heterocycles. The number of aromatic nitrogens is 2. The van der Waals surface area contributed by atoms with Gasteiger partial charge in [-0.3, -0.25) is 4.79 Å². The second-order valence-electron chi connectivity index (χ2n) is 7.29. The number of anilines is 1. The van der Waals surface area contributed by atoms with Crippen LogP contribution in [0.3, 0.4) is 0 Å². The van der Waals surface area contributed by atoms with Gasteiger partial charge in [0.1, 0.15) is 17.1 Å². The van der Waals surface area contributed by atoms with Gasteiger partial charge in [-0.25, -0.2) is 4.98 Å². The number of amides is 1. The molecule has 1 amide bonds. The summed E-state index contributed by atoms with van der Waals surface area (Å²) >= 11 is 3.63. The maximum Gasteiger partial charge on any atom is 0.278 e. The van der Waals surface area contributed by atoms with E-state index in [9.17, 15) is 4.79 Å². The fraction of sp³-hybridized carbons (Fsp3) is 0.167. The summed E-state index contributed by atoms with van der Waals surface area (Å²) in [5.41, 5.74) is 5.17. The number of imidazole rings is 1. The van der Waals surface area contributed by atoms with Crippen molar-refractivity contribution < 1.29 is 9.53 Å². The quantitative estimate of drug-likeness (QED) is 0.388. The Bertz CT molecular complexity index is 1220. The third kappa shape index (κ3) is 4.09. The number of rotatable bonds is 5. The summed E-state index contributed by atoms with van der Waals surface area (Å²) in [4.78, 5) is 19.9. The number of benzene rings is 2. The Kier molecular flexibility index (Phi) is 5.59. The van der Waals surface area contributed by atoms with Gasteiger partial charge in [0, 0.05) is 16.9 Å². The fourth-order valence-electron chi connectivity index (χ4n) is 3.34. The van der Waals surface area contributed by atoms with Crippen LogP contribution in [0.5, 0.6) is 5.75 Å². The van der Waals surface area contributed by atoms with Gasteiger partial charge in [0.15, 0.2) is 0 Å². The molecular formula is C24H22BrN3O2. The molecule has 0 fully saturated rings. The van der Waals surface area contributed by atoms with Crippen LogP contribution < -0.4 is 9.64 Å². The summed E-state index contributed by atoms with van der Waals surface area (Å²) in [7, 11) is 1.64. The zero-order valence-electron chi connectivity index (χ0n) is 17.1. The number of carbonyl (C=O) groups is 1. The number of fused-ring (bicyclic) bond motifs is 1. The van der Waals surface area contributed by atoms with Gasteiger partial charge in [-0.15, -0.1) is 0 Å². The van der Waals surface area contributed by atoms with Crippen LogP contribution >= 0.6 is 15.9 Å². The number of pyridine rings is 1. The SMILES string of the molecule is COc1ccc(CN(C(=O)c2cn3ccc(C)cc3n2)c2ccc(C)cc2Br)cc1. The van der Waals surface area contributed by atoms with Crippen molar-refractivity contribution in [2.45, 2.75) is 20.4 Å². The number of carbonyl (C=O) groups excluding carboxylic acids is 1. The smallest absolute Gasteiger partial charge is 0.278 e. The average molecular weight is 464 g/mol. The standard InChI is InChI=1S/C24H22BrN3O2/c1-16-4-9-22(20(25)12-16)28(14-18-5-7-19(30-3)8-6-18)24(29)21-15-27-11-10-17(2)13-23(27)26-21/h4-13,15H,14H2,1-3H3. The lowest BCUT2D eigenvalue weighted by Crippen LogP contribution is -2.31. The van der Waals surface area contributed by atoms with Gasteiger partial charge in [-0.05, 0) is 82.9 Å². The van der Waals surface area contributed by atoms with Crippen molar-refractivity contribution >= 4 is 33.2 Å². The Balaban J connectivity index is 1.75. The summed E-state index contributed by atoms with van der Waals surface area (Å²) in [6.07, 6.45) is 3.70. The minimum absolute atomic E-state index is 0.156. The Morgan fingerprint density at radius 2 is 1.80 bits per heavy atom. The van der Waals surface area contributed by atoms with Crippen LogP contribution in [0, 0.1) is 13.8 Å². The monoisotopic (exact) mass is 463 g/mol. The molecule has 0 saturated heterocycles. The van der Waals surface area contributed by atoms with Crippen LogP contribution in [0.1, 0.15) is 27.2 Å². The molecule has 0 unspecified atom stereocenters. The van der Waals surface area contributed by atoms with Gasteiger partial charge in [0.05, 0.1) is 19.3 Å². The number of aryl methyl sites for hydroxylation is 2. The predicted molar refractivity (Wildman–Crippen MR) is 122 cm³/mol. The normalized spacial score (nSPS) is 10.9. The number of ether oxygens (including phenoxy) is 1. The van der Waals surface area contributed by atoms with Crippen LogP contribution in [0.4, 0.5) is 5.69 Å². The third-order valence-corrected chi connectivity index (χ3v) is 5.61. The van der Waals surface area contributed by atoms with E-state index in [1.165, 1.54) is 0 Å². The minimum Gasteiger partial charge on any atom is -0.497 e. The molecule has 5 nitrogen and oxygen atoms in total. The summed E-state index contributed by atoms with van der Waals surface area (Å²) in [6.45, 7) is 4.45. The fourth-order valence-corrected chi connectivity index (χ4v) is 4.04. The molecule has 4 rings (SSSR count). The highest BCUT2D eigenvalue weighted by molar-refractivity contribution is 9.10. The minimum atomic E-state index is -0.156. The van der Waals surface area contributed by atoms with E-state index in [2.05, 4.69) is 20.9 Å². The first kappa shape index (κ1) is 20.2. The molecule has 30 heavy (non-hydrogen) atoms. The molecule has 2 aromatic carbocycles.